The second-order valence-corrected chi connectivity index (χ2v) is 5.00. The van der Waals surface area contributed by atoms with Crippen LogP contribution in [0.2, 0.25) is 0 Å². The third-order valence-corrected chi connectivity index (χ3v) is 2.67. The highest BCUT2D eigenvalue weighted by atomic mass is 16.3. The molecule has 0 spiro atoms. The van der Waals surface area contributed by atoms with E-state index in [1.807, 2.05) is 13.8 Å². The van der Waals surface area contributed by atoms with Gasteiger partial charge >= 0.3 is 0 Å². The van der Waals surface area contributed by atoms with Crippen LogP contribution in [0.25, 0.3) is 0 Å². The second kappa shape index (κ2) is 8.35. The Labute approximate surface area is 100.0 Å². The van der Waals surface area contributed by atoms with Gasteiger partial charge in [0, 0.05) is 6.92 Å². The van der Waals surface area contributed by atoms with E-state index in [4.69, 9.17) is 5.26 Å². The molecule has 0 aromatic carbocycles. The van der Waals surface area contributed by atoms with Crippen LogP contribution in [0.1, 0.15) is 65.7 Å². The third-order valence-electron chi connectivity index (χ3n) is 2.67. The van der Waals surface area contributed by atoms with E-state index < -0.39 is 5.60 Å². The minimum atomic E-state index is -0.477. The van der Waals surface area contributed by atoms with Gasteiger partial charge in [0.15, 0.2) is 0 Å². The summed E-state index contributed by atoms with van der Waals surface area (Å²) >= 11 is 0. The minimum absolute atomic E-state index is 0.477. The Balaban J connectivity index is 0.000000673. The van der Waals surface area contributed by atoms with Gasteiger partial charge in [0.2, 0.25) is 0 Å². The highest BCUT2D eigenvalue weighted by Crippen LogP contribution is 2.23. The molecule has 0 saturated heterocycles. The van der Waals surface area contributed by atoms with Gasteiger partial charge in [0.25, 0.3) is 0 Å². The van der Waals surface area contributed by atoms with E-state index in [9.17, 15) is 5.11 Å². The highest BCUT2D eigenvalue weighted by molar-refractivity contribution is 5.04. The van der Waals surface area contributed by atoms with E-state index in [0.717, 1.165) is 12.8 Å². The maximum absolute atomic E-state index is 9.53. The lowest BCUT2D eigenvalue weighted by atomic mass is 9.93. The molecule has 0 heterocycles. The molecule has 0 fully saturated rings. The molecule has 1 rings (SSSR count). The molecule has 1 aliphatic carbocycles. The van der Waals surface area contributed by atoms with Gasteiger partial charge in [0.1, 0.15) is 0 Å². The molecule has 1 aliphatic rings. The van der Waals surface area contributed by atoms with Crippen LogP contribution in [0, 0.1) is 11.3 Å². The molecule has 0 aliphatic heterocycles. The number of aliphatic hydroxyl groups is 1. The summed E-state index contributed by atoms with van der Waals surface area (Å²) in [5.74, 6) is 0. The lowest BCUT2D eigenvalue weighted by Gasteiger charge is -2.18. The number of allylic oxidation sites excluding steroid dienone is 2. The molecule has 2 nitrogen and oxygen atoms in total. The van der Waals surface area contributed by atoms with Gasteiger partial charge in [-0.2, -0.15) is 5.26 Å². The van der Waals surface area contributed by atoms with Crippen LogP contribution in [-0.4, -0.2) is 10.7 Å². The molecule has 0 aromatic heterocycles. The van der Waals surface area contributed by atoms with E-state index in [-0.39, 0.29) is 0 Å². The summed E-state index contributed by atoms with van der Waals surface area (Å²) in [6.07, 6.45) is 11.0. The Morgan fingerprint density at radius 1 is 1.44 bits per heavy atom. The molecule has 92 valence electrons. The Kier molecular flexibility index (Phi) is 7.93. The number of hydrogen-bond acceptors (Lipinski definition) is 2. The number of rotatable bonds is 4. The molecule has 0 radical (unpaired) electrons. The summed E-state index contributed by atoms with van der Waals surface area (Å²) in [6.45, 7) is 5.21. The van der Waals surface area contributed by atoms with Crippen molar-refractivity contribution in [3.05, 3.63) is 11.6 Å². The fraction of sp³-hybridized carbons (Fsp3) is 0.786. The predicted molar refractivity (Wildman–Crippen MR) is 68.0 cm³/mol. The molecule has 0 aromatic rings. The molecule has 0 saturated carbocycles. The van der Waals surface area contributed by atoms with Crippen molar-refractivity contribution in [2.24, 2.45) is 0 Å². The van der Waals surface area contributed by atoms with E-state index in [0.29, 0.717) is 0 Å². The Hall–Kier alpha value is -0.810. The normalized spacial score (nSPS) is 15.6. The molecule has 0 bridgehead atoms. The van der Waals surface area contributed by atoms with Crippen LogP contribution in [0.5, 0.6) is 0 Å². The number of nitriles is 1. The highest BCUT2D eigenvalue weighted by Gasteiger charge is 2.12. The zero-order chi connectivity index (χ0) is 12.4. The SMILES string of the molecule is CC#N.CC(C)(O)CCCC1=CCCCC1. The van der Waals surface area contributed by atoms with Crippen molar-refractivity contribution in [3.63, 3.8) is 0 Å². The van der Waals surface area contributed by atoms with Crippen molar-refractivity contribution < 1.29 is 5.11 Å². The smallest absolute Gasteiger partial charge is 0.0591 e. The standard InChI is InChI=1S/C12H22O.C2H3N/c1-12(2,13)10-6-9-11-7-4-3-5-8-11;1-2-3/h7,13H,3-6,8-10H2,1-2H3;1H3. The first kappa shape index (κ1) is 15.2. The second-order valence-electron chi connectivity index (χ2n) is 5.00. The average molecular weight is 223 g/mol. The lowest BCUT2D eigenvalue weighted by Crippen LogP contribution is -2.17. The number of nitrogens with zero attached hydrogens (tertiary/aromatic N) is 1. The molecule has 2 heteroatoms. The predicted octanol–water partition coefficient (Wildman–Crippen LogP) is 3.96. The largest absolute Gasteiger partial charge is 0.390 e. The van der Waals surface area contributed by atoms with Crippen LogP contribution in [0.15, 0.2) is 11.6 Å². The Morgan fingerprint density at radius 2 is 2.06 bits per heavy atom. The Bertz CT molecular complexity index is 242. The quantitative estimate of drug-likeness (QED) is 0.733. The van der Waals surface area contributed by atoms with Gasteiger partial charge in [-0.25, -0.2) is 0 Å². The van der Waals surface area contributed by atoms with Crippen LogP contribution in [0.3, 0.4) is 0 Å². The summed E-state index contributed by atoms with van der Waals surface area (Å²) in [7, 11) is 0. The van der Waals surface area contributed by atoms with E-state index >= 15 is 0 Å². The van der Waals surface area contributed by atoms with Crippen LogP contribution in [-0.2, 0) is 0 Å². The first-order chi connectivity index (χ1) is 7.49. The first-order valence-electron chi connectivity index (χ1n) is 6.20. The van der Waals surface area contributed by atoms with E-state index in [1.54, 1.807) is 11.6 Å². The van der Waals surface area contributed by atoms with Crippen LogP contribution in [0.4, 0.5) is 0 Å². The summed E-state index contributed by atoms with van der Waals surface area (Å²) in [5.41, 5.74) is 1.14. The fourth-order valence-electron chi connectivity index (χ4n) is 1.88. The molecule has 0 amide bonds. The molecular formula is C14H25NO. The van der Waals surface area contributed by atoms with Gasteiger partial charge in [-0.15, -0.1) is 0 Å². The first-order valence-corrected chi connectivity index (χ1v) is 6.20. The zero-order valence-electron chi connectivity index (χ0n) is 10.9. The van der Waals surface area contributed by atoms with Gasteiger partial charge < -0.3 is 5.11 Å². The van der Waals surface area contributed by atoms with E-state index in [2.05, 4.69) is 6.08 Å². The Morgan fingerprint density at radius 3 is 2.50 bits per heavy atom. The van der Waals surface area contributed by atoms with Crippen LogP contribution < -0.4 is 0 Å². The van der Waals surface area contributed by atoms with E-state index in [1.165, 1.54) is 39.0 Å². The molecular weight excluding hydrogens is 198 g/mol. The van der Waals surface area contributed by atoms with Crippen molar-refractivity contribution in [3.8, 4) is 6.07 Å². The maximum Gasteiger partial charge on any atom is 0.0591 e. The maximum atomic E-state index is 9.53. The fourth-order valence-corrected chi connectivity index (χ4v) is 1.88. The summed E-state index contributed by atoms with van der Waals surface area (Å²) in [4.78, 5) is 0. The van der Waals surface area contributed by atoms with Crippen molar-refractivity contribution in [1.29, 1.82) is 5.26 Å². The topological polar surface area (TPSA) is 44.0 Å². The molecule has 0 unspecified atom stereocenters. The van der Waals surface area contributed by atoms with Crippen molar-refractivity contribution in [2.75, 3.05) is 0 Å². The number of hydrogen-bond donors (Lipinski definition) is 1. The monoisotopic (exact) mass is 223 g/mol. The molecule has 0 atom stereocenters. The average Bonchev–Trinajstić information content (AvgIpc) is 2.18. The van der Waals surface area contributed by atoms with Gasteiger partial charge in [-0.1, -0.05) is 11.6 Å². The summed E-state index contributed by atoms with van der Waals surface area (Å²) in [5, 5.41) is 16.8. The van der Waals surface area contributed by atoms with Crippen molar-refractivity contribution in [1.82, 2.24) is 0 Å². The minimum Gasteiger partial charge on any atom is -0.390 e. The summed E-state index contributed by atoms with van der Waals surface area (Å²) < 4.78 is 0. The third kappa shape index (κ3) is 9.73. The lowest BCUT2D eigenvalue weighted by molar-refractivity contribution is 0.0688. The van der Waals surface area contributed by atoms with Gasteiger partial charge in [-0.3, -0.25) is 0 Å². The van der Waals surface area contributed by atoms with Gasteiger partial charge in [-0.05, 0) is 58.8 Å². The van der Waals surface area contributed by atoms with Crippen LogP contribution >= 0.6 is 0 Å². The summed E-state index contributed by atoms with van der Waals surface area (Å²) in [6, 6.07) is 1.75. The zero-order valence-corrected chi connectivity index (χ0v) is 10.9. The molecule has 1 N–H and O–H groups in total. The van der Waals surface area contributed by atoms with Crippen molar-refractivity contribution >= 4 is 0 Å². The molecule has 16 heavy (non-hydrogen) atoms. The van der Waals surface area contributed by atoms with Crippen molar-refractivity contribution in [2.45, 2.75) is 71.3 Å². The van der Waals surface area contributed by atoms with Gasteiger partial charge in [0.05, 0.1) is 11.7 Å².